The van der Waals surface area contributed by atoms with Gasteiger partial charge in [0.05, 0.1) is 18.5 Å². The van der Waals surface area contributed by atoms with Crippen LogP contribution in [0.5, 0.6) is 0 Å². The Morgan fingerprint density at radius 2 is 1.93 bits per heavy atom. The van der Waals surface area contributed by atoms with Crippen LogP contribution in [0.1, 0.15) is 54.5 Å². The molecule has 0 atom stereocenters. The van der Waals surface area contributed by atoms with Crippen LogP contribution in [0, 0.1) is 0 Å². The molecule has 0 unspecified atom stereocenters. The van der Waals surface area contributed by atoms with Gasteiger partial charge in [0.2, 0.25) is 11.8 Å². The number of likely N-dealkylation sites (tertiary alicyclic amines) is 1. The number of amides is 2. The summed E-state index contributed by atoms with van der Waals surface area (Å²) in [5, 5.41) is 10.2. The largest absolute Gasteiger partial charge is 0.368 e. The van der Waals surface area contributed by atoms with Gasteiger partial charge in [-0.15, -0.1) is 0 Å². The van der Waals surface area contributed by atoms with E-state index in [-0.39, 0.29) is 30.3 Å². The van der Waals surface area contributed by atoms with Crippen molar-refractivity contribution < 1.29 is 14.3 Å². The molecule has 1 aromatic carbocycles. The summed E-state index contributed by atoms with van der Waals surface area (Å²) in [6, 6.07) is 6.13. The topological polar surface area (TPSA) is 87.3 Å². The van der Waals surface area contributed by atoms with E-state index in [2.05, 4.69) is 27.6 Å². The van der Waals surface area contributed by atoms with Gasteiger partial charge in [0.1, 0.15) is 5.60 Å². The van der Waals surface area contributed by atoms with E-state index in [0.717, 1.165) is 43.5 Å². The van der Waals surface area contributed by atoms with Crippen LogP contribution in [0.25, 0.3) is 0 Å². The maximum Gasteiger partial charge on any atom is 0.224 e. The highest BCUT2D eigenvalue weighted by atomic mass is 16.5. The van der Waals surface area contributed by atoms with Gasteiger partial charge in [-0.1, -0.05) is 6.07 Å². The van der Waals surface area contributed by atoms with Crippen LogP contribution in [-0.4, -0.2) is 46.6 Å². The normalized spacial score (nSPS) is 19.4. The van der Waals surface area contributed by atoms with Crippen LogP contribution in [0.4, 0.5) is 5.69 Å². The van der Waals surface area contributed by atoms with Crippen LogP contribution in [0.3, 0.4) is 0 Å². The molecule has 2 amide bonds. The predicted molar refractivity (Wildman–Crippen MR) is 112 cm³/mol. The van der Waals surface area contributed by atoms with E-state index in [1.54, 1.807) is 0 Å². The Kier molecular flexibility index (Phi) is 5.06. The lowest BCUT2D eigenvalue weighted by Gasteiger charge is -2.43. The average molecular weight is 409 g/mol. The minimum atomic E-state index is -0.341. The first-order valence-electron chi connectivity index (χ1n) is 11.0. The van der Waals surface area contributed by atoms with Gasteiger partial charge in [-0.25, -0.2) is 0 Å². The monoisotopic (exact) mass is 408 g/mol. The molecule has 0 bridgehead atoms. The van der Waals surface area contributed by atoms with Gasteiger partial charge in [0.15, 0.2) is 0 Å². The predicted octanol–water partition coefficient (Wildman–Crippen LogP) is 2.71. The SMILES string of the molecule is O=C(CCC(=O)N1CCC2(CC1)OCCc1cn[nH]c12)Nc1ccc2c(c1)CCC2. The molecule has 30 heavy (non-hydrogen) atoms. The van der Waals surface area contributed by atoms with Crippen molar-refractivity contribution in [2.45, 2.75) is 57.0 Å². The van der Waals surface area contributed by atoms with E-state index in [9.17, 15) is 9.59 Å². The fourth-order valence-electron chi connectivity index (χ4n) is 5.09. The molecule has 1 saturated heterocycles. The molecule has 7 heteroatoms. The Morgan fingerprint density at radius 3 is 2.80 bits per heavy atom. The zero-order valence-electron chi connectivity index (χ0n) is 17.2. The zero-order valence-corrected chi connectivity index (χ0v) is 17.2. The number of ether oxygens (including phenoxy) is 1. The molecule has 1 fully saturated rings. The minimum absolute atomic E-state index is 0.0367. The van der Waals surface area contributed by atoms with Crippen molar-refractivity contribution in [1.82, 2.24) is 15.1 Å². The van der Waals surface area contributed by atoms with Crippen LogP contribution in [0.2, 0.25) is 0 Å². The summed E-state index contributed by atoms with van der Waals surface area (Å²) in [5.74, 6) is -0.0675. The second kappa shape index (κ2) is 7.87. The second-order valence-electron chi connectivity index (χ2n) is 8.63. The first-order valence-corrected chi connectivity index (χ1v) is 11.0. The van der Waals surface area contributed by atoms with Crippen molar-refractivity contribution in [3.05, 3.63) is 46.8 Å². The lowest BCUT2D eigenvalue weighted by Crippen LogP contribution is -2.48. The van der Waals surface area contributed by atoms with E-state index >= 15 is 0 Å². The summed E-state index contributed by atoms with van der Waals surface area (Å²) >= 11 is 0. The Hall–Kier alpha value is -2.67. The highest BCUT2D eigenvalue weighted by Crippen LogP contribution is 2.40. The quantitative estimate of drug-likeness (QED) is 0.814. The van der Waals surface area contributed by atoms with Gasteiger partial charge in [-0.2, -0.15) is 5.10 Å². The lowest BCUT2D eigenvalue weighted by molar-refractivity contribution is -0.142. The maximum absolute atomic E-state index is 12.7. The standard InChI is InChI=1S/C23H28N4O3/c28-20(25-19-5-4-16-2-1-3-17(16)14-19)6-7-21(29)27-11-9-23(10-12-27)22-18(8-13-30-23)15-24-26-22/h4-5,14-15H,1-3,6-13H2,(H,24,26)(H,25,28). The first-order chi connectivity index (χ1) is 14.6. The summed E-state index contributed by atoms with van der Waals surface area (Å²) in [7, 11) is 0. The van der Waals surface area contributed by atoms with E-state index < -0.39 is 0 Å². The number of carbonyl (C=O) groups excluding carboxylic acids is 2. The van der Waals surface area contributed by atoms with Gasteiger partial charge in [0, 0.05) is 31.6 Å². The number of nitrogens with one attached hydrogen (secondary N) is 2. The van der Waals surface area contributed by atoms with Gasteiger partial charge in [0.25, 0.3) is 0 Å². The number of benzene rings is 1. The molecule has 3 aliphatic rings. The van der Waals surface area contributed by atoms with E-state index in [0.29, 0.717) is 19.7 Å². The second-order valence-corrected chi connectivity index (χ2v) is 8.63. The smallest absolute Gasteiger partial charge is 0.224 e. The number of aromatic amines is 1. The zero-order chi connectivity index (χ0) is 20.6. The molecule has 1 aromatic heterocycles. The van der Waals surface area contributed by atoms with Crippen molar-refractivity contribution in [2.75, 3.05) is 25.0 Å². The van der Waals surface area contributed by atoms with E-state index in [1.165, 1.54) is 23.1 Å². The van der Waals surface area contributed by atoms with Crippen LogP contribution in [-0.2, 0) is 39.2 Å². The summed E-state index contributed by atoms with van der Waals surface area (Å²) in [6.45, 7) is 1.98. The molecular formula is C23H28N4O3. The molecule has 1 spiro atoms. The number of hydrogen-bond acceptors (Lipinski definition) is 4. The van der Waals surface area contributed by atoms with Crippen molar-refractivity contribution in [3.63, 3.8) is 0 Å². The minimum Gasteiger partial charge on any atom is -0.368 e. The summed E-state index contributed by atoms with van der Waals surface area (Å²) < 4.78 is 6.14. The number of rotatable bonds is 4. The number of hydrogen-bond donors (Lipinski definition) is 2. The molecule has 0 radical (unpaired) electrons. The highest BCUT2D eigenvalue weighted by molar-refractivity contribution is 5.93. The van der Waals surface area contributed by atoms with E-state index in [4.69, 9.17) is 4.74 Å². The maximum atomic E-state index is 12.7. The molecule has 158 valence electrons. The fourth-order valence-corrected chi connectivity index (χ4v) is 5.09. The number of carbonyl (C=O) groups is 2. The number of aryl methyl sites for hydroxylation is 2. The van der Waals surface area contributed by atoms with Gasteiger partial charge < -0.3 is 15.0 Å². The molecule has 7 nitrogen and oxygen atoms in total. The Balaban J connectivity index is 1.12. The molecule has 2 aromatic rings. The molecule has 5 rings (SSSR count). The lowest BCUT2D eigenvalue weighted by atomic mass is 9.83. The number of anilines is 1. The van der Waals surface area contributed by atoms with Crippen LogP contribution in [0.15, 0.2) is 24.4 Å². The van der Waals surface area contributed by atoms with Gasteiger partial charge in [-0.3, -0.25) is 14.7 Å². The third-order valence-electron chi connectivity index (χ3n) is 6.80. The average Bonchev–Trinajstić information content (AvgIpc) is 3.42. The summed E-state index contributed by atoms with van der Waals surface area (Å²) in [5.41, 5.74) is 5.51. The highest BCUT2D eigenvalue weighted by Gasteiger charge is 2.43. The first kappa shape index (κ1) is 19.3. The van der Waals surface area contributed by atoms with Gasteiger partial charge >= 0.3 is 0 Å². The van der Waals surface area contributed by atoms with Crippen molar-refractivity contribution in [2.24, 2.45) is 0 Å². The Bertz CT molecular complexity index is 959. The molecule has 3 heterocycles. The molecular weight excluding hydrogens is 380 g/mol. The van der Waals surface area contributed by atoms with Crippen molar-refractivity contribution in [3.8, 4) is 0 Å². The number of fused-ring (bicyclic) bond motifs is 3. The third-order valence-corrected chi connectivity index (χ3v) is 6.80. The molecule has 2 aliphatic heterocycles. The van der Waals surface area contributed by atoms with Crippen molar-refractivity contribution >= 4 is 17.5 Å². The number of H-pyrrole nitrogens is 1. The van der Waals surface area contributed by atoms with Crippen LogP contribution >= 0.6 is 0 Å². The van der Waals surface area contributed by atoms with E-state index in [1.807, 2.05) is 17.2 Å². The van der Waals surface area contributed by atoms with Gasteiger partial charge in [-0.05, 0) is 67.3 Å². The Morgan fingerprint density at radius 1 is 1.10 bits per heavy atom. The number of piperidine rings is 1. The molecule has 2 N–H and O–H groups in total. The number of aromatic nitrogens is 2. The summed E-state index contributed by atoms with van der Waals surface area (Å²) in [4.78, 5) is 26.9. The molecule has 1 aliphatic carbocycles. The number of nitrogens with zero attached hydrogens (tertiary/aromatic N) is 2. The van der Waals surface area contributed by atoms with Crippen molar-refractivity contribution in [1.29, 1.82) is 0 Å². The summed E-state index contributed by atoms with van der Waals surface area (Å²) in [6.07, 6.45) is 8.13. The Labute approximate surface area is 176 Å². The molecule has 0 saturated carbocycles. The third kappa shape index (κ3) is 3.62. The van der Waals surface area contributed by atoms with Crippen LogP contribution < -0.4 is 5.32 Å². The fraction of sp³-hybridized carbons (Fsp3) is 0.522.